The molecule has 7 heteroatoms. The maximum Gasteiger partial charge on any atom is 0.257 e. The summed E-state index contributed by atoms with van der Waals surface area (Å²) in [4.78, 5) is 12.5. The summed E-state index contributed by atoms with van der Waals surface area (Å²) in [6, 6.07) is 8.24. The number of hydrogen-bond acceptors (Lipinski definition) is 1. The SMILES string of the molecule is Cc1cc(C(=O)Nc2cc(F)c(F)cc2F)c(C)n1-c1ccc(F)cc1. The highest BCUT2D eigenvalue weighted by Crippen LogP contribution is 2.24. The molecule has 1 N–H and O–H groups in total. The van der Waals surface area contributed by atoms with Crippen molar-refractivity contribution in [2.24, 2.45) is 0 Å². The number of halogens is 4. The van der Waals surface area contributed by atoms with Crippen molar-refractivity contribution in [3.63, 3.8) is 0 Å². The number of anilines is 1. The molecule has 0 bridgehead atoms. The zero-order chi connectivity index (χ0) is 19.0. The van der Waals surface area contributed by atoms with Gasteiger partial charge in [-0.05, 0) is 44.2 Å². The van der Waals surface area contributed by atoms with E-state index in [1.807, 2.05) is 0 Å². The van der Waals surface area contributed by atoms with E-state index in [1.54, 1.807) is 36.6 Å². The molecule has 0 saturated heterocycles. The summed E-state index contributed by atoms with van der Waals surface area (Å²) >= 11 is 0. The van der Waals surface area contributed by atoms with E-state index in [1.165, 1.54) is 12.1 Å². The van der Waals surface area contributed by atoms with Crippen molar-refractivity contribution in [3.8, 4) is 5.69 Å². The highest BCUT2D eigenvalue weighted by atomic mass is 19.2. The molecule has 0 aliphatic carbocycles. The minimum atomic E-state index is -1.34. The Bertz CT molecular complexity index is 994. The fraction of sp³-hybridized carbons (Fsp3) is 0.105. The molecule has 0 unspecified atom stereocenters. The van der Waals surface area contributed by atoms with Crippen LogP contribution < -0.4 is 5.32 Å². The minimum absolute atomic E-state index is 0.232. The Hall–Kier alpha value is -3.09. The van der Waals surface area contributed by atoms with Crippen LogP contribution in [0.1, 0.15) is 21.7 Å². The molecule has 0 radical (unpaired) electrons. The van der Waals surface area contributed by atoms with Gasteiger partial charge in [0.1, 0.15) is 11.6 Å². The molecule has 2 aromatic carbocycles. The summed E-state index contributed by atoms with van der Waals surface area (Å²) in [6.45, 7) is 3.43. The van der Waals surface area contributed by atoms with Gasteiger partial charge in [0.15, 0.2) is 11.6 Å². The summed E-state index contributed by atoms with van der Waals surface area (Å²) in [7, 11) is 0. The molecule has 3 nitrogen and oxygen atoms in total. The fourth-order valence-electron chi connectivity index (χ4n) is 2.79. The molecule has 134 valence electrons. The second-order valence-corrected chi connectivity index (χ2v) is 5.80. The lowest BCUT2D eigenvalue weighted by atomic mass is 10.2. The largest absolute Gasteiger partial charge is 0.319 e. The maximum atomic E-state index is 13.7. The Labute approximate surface area is 146 Å². The summed E-state index contributed by atoms with van der Waals surface area (Å²) in [5.41, 5.74) is 1.66. The molecule has 0 aliphatic rings. The first-order valence-corrected chi connectivity index (χ1v) is 7.68. The molecule has 0 aliphatic heterocycles. The number of carbonyl (C=O) groups excluding carboxylic acids is 1. The van der Waals surface area contributed by atoms with Crippen LogP contribution in [0, 0.1) is 37.1 Å². The van der Waals surface area contributed by atoms with Crippen LogP contribution in [0.5, 0.6) is 0 Å². The average molecular weight is 362 g/mol. The van der Waals surface area contributed by atoms with E-state index in [-0.39, 0.29) is 11.4 Å². The van der Waals surface area contributed by atoms with Gasteiger partial charge in [0.2, 0.25) is 0 Å². The number of carbonyl (C=O) groups is 1. The monoisotopic (exact) mass is 362 g/mol. The van der Waals surface area contributed by atoms with Gasteiger partial charge in [-0.3, -0.25) is 4.79 Å². The van der Waals surface area contributed by atoms with Crippen LogP contribution in [0.2, 0.25) is 0 Å². The van der Waals surface area contributed by atoms with E-state index in [9.17, 15) is 22.4 Å². The van der Waals surface area contributed by atoms with Gasteiger partial charge in [-0.2, -0.15) is 0 Å². The zero-order valence-corrected chi connectivity index (χ0v) is 13.9. The Balaban J connectivity index is 1.95. The Morgan fingerprint density at radius 2 is 1.50 bits per heavy atom. The average Bonchev–Trinajstić information content (AvgIpc) is 2.88. The first-order valence-electron chi connectivity index (χ1n) is 7.68. The van der Waals surface area contributed by atoms with Gasteiger partial charge >= 0.3 is 0 Å². The van der Waals surface area contributed by atoms with Gasteiger partial charge in [-0.25, -0.2) is 17.6 Å². The molecule has 1 heterocycles. The van der Waals surface area contributed by atoms with Gasteiger partial charge in [0.25, 0.3) is 5.91 Å². The summed E-state index contributed by atoms with van der Waals surface area (Å²) in [5.74, 6) is -4.74. The first-order chi connectivity index (χ1) is 12.3. The number of amides is 1. The van der Waals surface area contributed by atoms with Crippen LogP contribution in [-0.2, 0) is 0 Å². The predicted molar refractivity (Wildman–Crippen MR) is 89.5 cm³/mol. The summed E-state index contributed by atoms with van der Waals surface area (Å²) in [5, 5.41) is 2.24. The normalized spacial score (nSPS) is 10.8. The number of nitrogens with one attached hydrogen (secondary N) is 1. The van der Waals surface area contributed by atoms with Gasteiger partial charge in [-0.1, -0.05) is 0 Å². The highest BCUT2D eigenvalue weighted by molar-refractivity contribution is 6.05. The van der Waals surface area contributed by atoms with Crippen molar-refractivity contribution < 1.29 is 22.4 Å². The van der Waals surface area contributed by atoms with Gasteiger partial charge in [0.05, 0.1) is 11.3 Å². The molecule has 26 heavy (non-hydrogen) atoms. The molecule has 0 atom stereocenters. The van der Waals surface area contributed by atoms with Crippen molar-refractivity contribution >= 4 is 11.6 Å². The van der Waals surface area contributed by atoms with Crippen molar-refractivity contribution in [1.82, 2.24) is 4.57 Å². The van der Waals surface area contributed by atoms with Gasteiger partial charge in [0, 0.05) is 29.2 Å². The quantitative estimate of drug-likeness (QED) is 0.522. The lowest BCUT2D eigenvalue weighted by Crippen LogP contribution is -2.14. The Kier molecular flexibility index (Phi) is 4.54. The third kappa shape index (κ3) is 3.20. The number of benzene rings is 2. The van der Waals surface area contributed by atoms with Crippen LogP contribution in [-0.4, -0.2) is 10.5 Å². The van der Waals surface area contributed by atoms with Gasteiger partial charge < -0.3 is 9.88 Å². The van der Waals surface area contributed by atoms with E-state index >= 15 is 0 Å². The number of aryl methyl sites for hydroxylation is 1. The van der Waals surface area contributed by atoms with Crippen LogP contribution in [0.15, 0.2) is 42.5 Å². The second-order valence-electron chi connectivity index (χ2n) is 5.80. The third-order valence-electron chi connectivity index (χ3n) is 4.02. The maximum absolute atomic E-state index is 13.7. The number of rotatable bonds is 3. The van der Waals surface area contributed by atoms with Crippen LogP contribution in [0.4, 0.5) is 23.2 Å². The molecule has 1 aromatic heterocycles. The third-order valence-corrected chi connectivity index (χ3v) is 4.02. The van der Waals surface area contributed by atoms with Crippen molar-refractivity contribution in [1.29, 1.82) is 0 Å². The molecule has 0 saturated carbocycles. The number of hydrogen-bond donors (Lipinski definition) is 1. The van der Waals surface area contributed by atoms with Crippen molar-refractivity contribution in [2.75, 3.05) is 5.32 Å². The van der Waals surface area contributed by atoms with Crippen LogP contribution in [0.25, 0.3) is 5.69 Å². The molecule has 1 amide bonds. The number of nitrogens with zero attached hydrogens (tertiary/aromatic N) is 1. The van der Waals surface area contributed by atoms with Crippen LogP contribution >= 0.6 is 0 Å². The molecule has 3 rings (SSSR count). The fourth-order valence-corrected chi connectivity index (χ4v) is 2.79. The zero-order valence-electron chi connectivity index (χ0n) is 13.9. The molecular weight excluding hydrogens is 348 g/mol. The highest BCUT2D eigenvalue weighted by Gasteiger charge is 2.19. The standard InChI is InChI=1S/C19H14F4N2O/c1-10-7-14(11(2)25(10)13-5-3-12(20)4-6-13)19(26)24-18-9-16(22)15(21)8-17(18)23/h3-9H,1-2H3,(H,24,26). The lowest BCUT2D eigenvalue weighted by Gasteiger charge is -2.10. The van der Waals surface area contributed by atoms with Crippen molar-refractivity contribution in [2.45, 2.75) is 13.8 Å². The van der Waals surface area contributed by atoms with Crippen LogP contribution in [0.3, 0.4) is 0 Å². The molecular formula is C19H14F4N2O. The molecule has 0 fully saturated rings. The van der Waals surface area contributed by atoms with Crippen molar-refractivity contribution in [3.05, 3.63) is 82.7 Å². The Morgan fingerprint density at radius 1 is 0.885 bits per heavy atom. The lowest BCUT2D eigenvalue weighted by molar-refractivity contribution is 0.102. The van der Waals surface area contributed by atoms with Gasteiger partial charge in [-0.15, -0.1) is 0 Å². The van der Waals surface area contributed by atoms with E-state index in [2.05, 4.69) is 5.32 Å². The smallest absolute Gasteiger partial charge is 0.257 e. The number of aromatic nitrogens is 1. The molecule has 3 aromatic rings. The summed E-state index contributed by atoms with van der Waals surface area (Å²) < 4.78 is 54.9. The minimum Gasteiger partial charge on any atom is -0.319 e. The van der Waals surface area contributed by atoms with E-state index in [4.69, 9.17) is 0 Å². The second kappa shape index (κ2) is 6.67. The molecule has 0 spiro atoms. The van der Waals surface area contributed by atoms with E-state index in [0.717, 1.165) is 0 Å². The van der Waals surface area contributed by atoms with E-state index in [0.29, 0.717) is 29.2 Å². The first kappa shape index (κ1) is 17.7. The van der Waals surface area contributed by atoms with E-state index < -0.39 is 29.0 Å². The summed E-state index contributed by atoms with van der Waals surface area (Å²) in [6.07, 6.45) is 0. The Morgan fingerprint density at radius 3 is 2.15 bits per heavy atom. The predicted octanol–water partition coefficient (Wildman–Crippen LogP) is 4.90. The topological polar surface area (TPSA) is 34.0 Å².